The smallest absolute Gasteiger partial charge is 0.349 e. The zero-order valence-corrected chi connectivity index (χ0v) is 20.7. The summed E-state index contributed by atoms with van der Waals surface area (Å²) in [7, 11) is 0. The van der Waals surface area contributed by atoms with E-state index in [-0.39, 0.29) is 47.7 Å². The van der Waals surface area contributed by atoms with E-state index in [1.807, 2.05) is 6.92 Å². The zero-order chi connectivity index (χ0) is 27.2. The number of nitrogen functional groups attached to an aromatic ring is 2. The number of aryl methyl sites for hydroxylation is 1. The van der Waals surface area contributed by atoms with Gasteiger partial charge in [0.15, 0.2) is 23.2 Å². The van der Waals surface area contributed by atoms with Crippen LogP contribution < -0.4 is 27.2 Å². The van der Waals surface area contributed by atoms with Gasteiger partial charge >= 0.3 is 5.69 Å². The van der Waals surface area contributed by atoms with Crippen LogP contribution in [-0.4, -0.2) is 43.9 Å². The summed E-state index contributed by atoms with van der Waals surface area (Å²) >= 11 is 0. The SMILES string of the molecule is CCc1cc(OCCCO)c(F)c(C(Nc2ccc(C(=N)N)cc2)c2nn(-c3ncccc3N)c(=O)[nH]2)c1. The first-order valence-corrected chi connectivity index (χ1v) is 12.0. The van der Waals surface area contributed by atoms with Crippen LogP contribution >= 0.6 is 0 Å². The summed E-state index contributed by atoms with van der Waals surface area (Å²) in [5.74, 6) is -0.437. The lowest BCUT2D eigenvalue weighted by Gasteiger charge is -2.21. The first-order valence-electron chi connectivity index (χ1n) is 12.0. The number of amidine groups is 1. The van der Waals surface area contributed by atoms with Crippen molar-refractivity contribution in [2.75, 3.05) is 24.3 Å². The maximum atomic E-state index is 15.9. The van der Waals surface area contributed by atoms with Crippen molar-refractivity contribution < 1.29 is 14.2 Å². The maximum absolute atomic E-state index is 15.9. The minimum atomic E-state index is -0.955. The molecular formula is C26H29FN8O3. The van der Waals surface area contributed by atoms with Gasteiger partial charge in [-0.1, -0.05) is 13.0 Å². The lowest BCUT2D eigenvalue weighted by atomic mass is 10.00. The normalized spacial score (nSPS) is 11.8. The van der Waals surface area contributed by atoms with E-state index in [4.69, 9.17) is 26.7 Å². The number of pyridine rings is 1. The molecule has 198 valence electrons. The average Bonchev–Trinajstić information content (AvgIpc) is 3.30. The van der Waals surface area contributed by atoms with Crippen molar-refractivity contribution in [1.29, 1.82) is 5.41 Å². The molecule has 0 bridgehead atoms. The molecule has 2 aromatic carbocycles. The molecule has 0 aliphatic heterocycles. The number of nitrogens with two attached hydrogens (primary N) is 2. The van der Waals surface area contributed by atoms with Crippen molar-refractivity contribution in [2.45, 2.75) is 25.8 Å². The van der Waals surface area contributed by atoms with Gasteiger partial charge in [-0.3, -0.25) is 10.4 Å². The third-order valence-electron chi connectivity index (χ3n) is 5.84. The first-order chi connectivity index (χ1) is 18.3. The number of aliphatic hydroxyl groups excluding tert-OH is 1. The fourth-order valence-corrected chi connectivity index (χ4v) is 3.85. The Kier molecular flexibility index (Phi) is 8.02. The van der Waals surface area contributed by atoms with Crippen LogP contribution in [0.5, 0.6) is 5.75 Å². The van der Waals surface area contributed by atoms with Crippen LogP contribution in [0.25, 0.3) is 5.82 Å². The lowest BCUT2D eigenvalue weighted by Crippen LogP contribution is -2.18. The Morgan fingerprint density at radius 3 is 2.71 bits per heavy atom. The Morgan fingerprint density at radius 1 is 1.29 bits per heavy atom. The van der Waals surface area contributed by atoms with Crippen LogP contribution in [0.3, 0.4) is 0 Å². The number of hydrogen-bond acceptors (Lipinski definition) is 8. The molecule has 11 nitrogen and oxygen atoms in total. The fraction of sp³-hybridized carbons (Fsp3) is 0.231. The number of nitrogens with one attached hydrogen (secondary N) is 3. The second kappa shape index (κ2) is 11.6. The highest BCUT2D eigenvalue weighted by Crippen LogP contribution is 2.33. The molecule has 0 fully saturated rings. The summed E-state index contributed by atoms with van der Waals surface area (Å²) in [5, 5.41) is 24.4. The van der Waals surface area contributed by atoms with Gasteiger partial charge in [0.1, 0.15) is 11.9 Å². The molecule has 0 saturated heterocycles. The summed E-state index contributed by atoms with van der Waals surface area (Å²) in [5.41, 5.74) is 13.3. The molecule has 4 aromatic rings. The Labute approximate surface area is 217 Å². The summed E-state index contributed by atoms with van der Waals surface area (Å²) in [4.78, 5) is 19.7. The van der Waals surface area contributed by atoms with Crippen LogP contribution in [0.1, 0.15) is 41.9 Å². The first kappa shape index (κ1) is 26.4. The van der Waals surface area contributed by atoms with E-state index in [0.29, 0.717) is 24.1 Å². The topological polar surface area (TPSA) is 181 Å². The highest BCUT2D eigenvalue weighted by Gasteiger charge is 2.26. The van der Waals surface area contributed by atoms with Crippen molar-refractivity contribution in [3.8, 4) is 11.6 Å². The molecule has 0 saturated carbocycles. The van der Waals surface area contributed by atoms with Gasteiger partial charge in [0.05, 0.1) is 12.3 Å². The largest absolute Gasteiger partial charge is 0.490 e. The standard InChI is InChI=1S/C26H29FN8O3/c1-2-15-13-18(21(27)20(14-15)38-12-4-11-36)22(32-17-8-6-16(7-9-17)23(29)30)24-33-26(37)35(34-24)25-19(28)5-3-10-31-25/h3,5-10,13-14,22,32,36H,2,4,11-12,28H2,1H3,(H3,29,30)(H,33,34,37). The van der Waals surface area contributed by atoms with Crippen LogP contribution in [-0.2, 0) is 6.42 Å². The maximum Gasteiger partial charge on any atom is 0.349 e. The number of rotatable bonds is 11. The summed E-state index contributed by atoms with van der Waals surface area (Å²) in [6.07, 6.45) is 2.43. The molecule has 2 heterocycles. The van der Waals surface area contributed by atoms with E-state index < -0.39 is 17.5 Å². The van der Waals surface area contributed by atoms with E-state index in [2.05, 4.69) is 20.4 Å². The van der Waals surface area contributed by atoms with Crippen LogP contribution in [0.15, 0.2) is 59.5 Å². The van der Waals surface area contributed by atoms with Gasteiger partial charge in [-0.25, -0.2) is 14.2 Å². The van der Waals surface area contributed by atoms with Gasteiger partial charge < -0.3 is 26.6 Å². The minimum absolute atomic E-state index is 0.0299. The van der Waals surface area contributed by atoms with Crippen molar-refractivity contribution in [1.82, 2.24) is 19.7 Å². The number of halogens is 1. The zero-order valence-electron chi connectivity index (χ0n) is 20.7. The molecule has 38 heavy (non-hydrogen) atoms. The molecule has 0 amide bonds. The van der Waals surface area contributed by atoms with Gasteiger partial charge in [-0.15, -0.1) is 5.10 Å². The lowest BCUT2D eigenvalue weighted by molar-refractivity contribution is 0.228. The molecule has 0 aliphatic carbocycles. The van der Waals surface area contributed by atoms with Crippen molar-refractivity contribution >= 4 is 17.2 Å². The number of aromatic amines is 1. The van der Waals surface area contributed by atoms with Crippen LogP contribution in [0.2, 0.25) is 0 Å². The van der Waals surface area contributed by atoms with Gasteiger partial charge in [0, 0.05) is 36.0 Å². The number of H-pyrrole nitrogens is 1. The van der Waals surface area contributed by atoms with Gasteiger partial charge in [-0.05, 0) is 54.4 Å². The van der Waals surface area contributed by atoms with E-state index in [1.165, 1.54) is 6.20 Å². The third kappa shape index (κ3) is 5.65. The number of ether oxygens (including phenoxy) is 1. The summed E-state index contributed by atoms with van der Waals surface area (Å²) in [6, 6.07) is 12.3. The monoisotopic (exact) mass is 520 g/mol. The second-order valence-electron chi connectivity index (χ2n) is 8.49. The molecule has 2 aromatic heterocycles. The number of aromatic nitrogens is 4. The predicted octanol–water partition coefficient (Wildman–Crippen LogP) is 2.49. The molecule has 0 aliphatic rings. The molecule has 1 unspecified atom stereocenters. The Morgan fingerprint density at radius 2 is 2.05 bits per heavy atom. The van der Waals surface area contributed by atoms with Crippen molar-refractivity contribution in [2.24, 2.45) is 5.73 Å². The molecule has 4 rings (SSSR count). The Balaban J connectivity index is 1.84. The molecule has 0 spiro atoms. The van der Waals surface area contributed by atoms with Crippen LogP contribution in [0, 0.1) is 11.2 Å². The Bertz CT molecular complexity index is 1480. The van der Waals surface area contributed by atoms with E-state index in [9.17, 15) is 4.79 Å². The van der Waals surface area contributed by atoms with Crippen molar-refractivity contribution in [3.63, 3.8) is 0 Å². The molecule has 1 atom stereocenters. The quantitative estimate of drug-likeness (QED) is 0.0991. The van der Waals surface area contributed by atoms with Gasteiger partial charge in [0.25, 0.3) is 0 Å². The molecule has 0 radical (unpaired) electrons. The van der Waals surface area contributed by atoms with E-state index >= 15 is 4.39 Å². The summed E-state index contributed by atoms with van der Waals surface area (Å²) < 4.78 is 22.5. The highest BCUT2D eigenvalue weighted by atomic mass is 19.1. The number of aliphatic hydroxyl groups is 1. The summed E-state index contributed by atoms with van der Waals surface area (Å²) in [6.45, 7) is 1.98. The molecule has 8 N–H and O–H groups in total. The predicted molar refractivity (Wildman–Crippen MR) is 142 cm³/mol. The van der Waals surface area contributed by atoms with Gasteiger partial charge in [-0.2, -0.15) is 4.68 Å². The van der Waals surface area contributed by atoms with E-state index in [1.54, 1.807) is 48.5 Å². The van der Waals surface area contributed by atoms with Gasteiger partial charge in [0.2, 0.25) is 0 Å². The number of hydrogen-bond donors (Lipinski definition) is 6. The Hall–Kier alpha value is -4.71. The van der Waals surface area contributed by atoms with Crippen molar-refractivity contribution in [3.05, 3.63) is 93.5 Å². The molecular weight excluding hydrogens is 491 g/mol. The number of anilines is 2. The minimum Gasteiger partial charge on any atom is -0.490 e. The number of nitrogens with zero attached hydrogens (tertiary/aromatic N) is 3. The fourth-order valence-electron chi connectivity index (χ4n) is 3.85. The second-order valence-corrected chi connectivity index (χ2v) is 8.49. The number of benzene rings is 2. The highest BCUT2D eigenvalue weighted by molar-refractivity contribution is 5.95. The van der Waals surface area contributed by atoms with Crippen LogP contribution in [0.4, 0.5) is 15.8 Å². The average molecular weight is 521 g/mol. The van der Waals surface area contributed by atoms with E-state index in [0.717, 1.165) is 10.2 Å². The third-order valence-corrected chi connectivity index (χ3v) is 5.84. The molecule has 12 heteroatoms.